The molecule has 3 N–H and O–H groups in total. The van der Waals surface area contributed by atoms with Crippen molar-refractivity contribution < 1.29 is 14.4 Å². The summed E-state index contributed by atoms with van der Waals surface area (Å²) >= 11 is 4.77. The van der Waals surface area contributed by atoms with Crippen molar-refractivity contribution in [2.45, 2.75) is 4.90 Å². The average Bonchev–Trinajstić information content (AvgIpc) is 3.02. The van der Waals surface area contributed by atoms with Gasteiger partial charge in [0.15, 0.2) is 0 Å². The molecule has 0 spiro atoms. The van der Waals surface area contributed by atoms with Crippen LogP contribution in [0.4, 0.5) is 11.4 Å². The van der Waals surface area contributed by atoms with Crippen LogP contribution in [0.1, 0.15) is 15.9 Å². The molecule has 0 aliphatic heterocycles. The van der Waals surface area contributed by atoms with Crippen LogP contribution in [0.15, 0.2) is 136 Å². The monoisotopic (exact) mass is 635 g/mol. The van der Waals surface area contributed by atoms with Crippen molar-refractivity contribution in [1.29, 1.82) is 0 Å². The molecule has 0 heterocycles. The minimum Gasteiger partial charge on any atom is -0.325 e. The molecule has 5 aromatic carbocycles. The van der Waals surface area contributed by atoms with Crippen molar-refractivity contribution in [3.05, 3.63) is 143 Å². The number of carbonyl (C=O) groups is 3. The predicted molar refractivity (Wildman–Crippen MR) is 174 cm³/mol. The summed E-state index contributed by atoms with van der Waals surface area (Å²) in [5.74, 6) is -0.713. The van der Waals surface area contributed by atoms with E-state index in [1.807, 2.05) is 84.9 Å². The first-order valence-corrected chi connectivity index (χ1v) is 14.9. The number of anilines is 2. The van der Waals surface area contributed by atoms with Crippen LogP contribution in [0.3, 0.4) is 0 Å². The molecule has 0 aliphatic rings. The van der Waals surface area contributed by atoms with E-state index in [2.05, 4.69) is 31.9 Å². The van der Waals surface area contributed by atoms with E-state index in [4.69, 9.17) is 0 Å². The highest BCUT2D eigenvalue weighted by atomic mass is 79.9. The Morgan fingerprint density at radius 2 is 1.33 bits per heavy atom. The second kappa shape index (κ2) is 13.8. The fourth-order valence-electron chi connectivity index (χ4n) is 4.19. The second-order valence-corrected chi connectivity index (χ2v) is 11.2. The van der Waals surface area contributed by atoms with Crippen LogP contribution in [0.5, 0.6) is 0 Å². The number of nitrogens with one attached hydrogen (secondary N) is 3. The van der Waals surface area contributed by atoms with Gasteiger partial charge < -0.3 is 16.0 Å². The molecular weight excluding hydrogens is 610 g/mol. The summed E-state index contributed by atoms with van der Waals surface area (Å²) < 4.78 is 0.941. The Morgan fingerprint density at radius 3 is 2.10 bits per heavy atom. The third-order valence-electron chi connectivity index (χ3n) is 6.26. The van der Waals surface area contributed by atoms with Gasteiger partial charge in [-0.1, -0.05) is 76.6 Å². The fourth-order valence-corrected chi connectivity index (χ4v) is 5.15. The molecule has 0 saturated heterocycles. The van der Waals surface area contributed by atoms with Crippen LogP contribution < -0.4 is 16.0 Å². The van der Waals surface area contributed by atoms with E-state index in [9.17, 15) is 14.4 Å². The molecule has 3 amide bonds. The van der Waals surface area contributed by atoms with Crippen LogP contribution in [-0.2, 0) is 9.59 Å². The lowest BCUT2D eigenvalue weighted by Gasteiger charge is -2.12. The third kappa shape index (κ3) is 7.75. The number of carbonyl (C=O) groups excluding carboxylic acids is 3. The van der Waals surface area contributed by atoms with Crippen molar-refractivity contribution in [3.63, 3.8) is 0 Å². The zero-order valence-corrected chi connectivity index (χ0v) is 24.7. The summed E-state index contributed by atoms with van der Waals surface area (Å²) in [6.07, 6.45) is 1.69. The van der Waals surface area contributed by atoms with E-state index in [1.54, 1.807) is 42.5 Å². The molecule has 0 radical (unpaired) electrons. The van der Waals surface area contributed by atoms with Crippen molar-refractivity contribution in [2.75, 3.05) is 16.4 Å². The number of rotatable bonds is 9. The lowest BCUT2D eigenvalue weighted by atomic mass is 10.0. The lowest BCUT2D eigenvalue weighted by molar-refractivity contribution is -0.114. The normalized spacial score (nSPS) is 11.1. The van der Waals surface area contributed by atoms with Crippen LogP contribution in [0, 0.1) is 0 Å². The summed E-state index contributed by atoms with van der Waals surface area (Å²) in [5.41, 5.74) is 2.65. The number of hydrogen-bond acceptors (Lipinski definition) is 4. The van der Waals surface area contributed by atoms with Crippen LogP contribution in [0.2, 0.25) is 0 Å². The van der Waals surface area contributed by atoms with Crippen molar-refractivity contribution >= 4 is 73.6 Å². The van der Waals surface area contributed by atoms with Gasteiger partial charge >= 0.3 is 0 Å². The maximum absolute atomic E-state index is 13.5. The third-order valence-corrected chi connectivity index (χ3v) is 7.80. The van der Waals surface area contributed by atoms with E-state index in [0.29, 0.717) is 11.3 Å². The average molecular weight is 637 g/mol. The minimum absolute atomic E-state index is 0.114. The van der Waals surface area contributed by atoms with Gasteiger partial charge in [0.25, 0.3) is 11.8 Å². The quantitative estimate of drug-likeness (QED) is 0.114. The van der Waals surface area contributed by atoms with Gasteiger partial charge in [-0.3, -0.25) is 14.4 Å². The molecule has 5 aromatic rings. The zero-order valence-electron chi connectivity index (χ0n) is 22.3. The van der Waals surface area contributed by atoms with Gasteiger partial charge in [0.2, 0.25) is 5.91 Å². The number of benzene rings is 5. The van der Waals surface area contributed by atoms with Gasteiger partial charge in [0.1, 0.15) is 5.70 Å². The Balaban J connectivity index is 1.29. The van der Waals surface area contributed by atoms with Crippen molar-refractivity contribution in [2.24, 2.45) is 0 Å². The standard InChI is InChI=1S/C34H26BrN3O3S/c35-26-13-15-27(16-14-26)36-32(39)22-42-29-19-17-28(18-20-29)37-34(41)31(38-33(40)24-8-2-1-3-9-24)21-25-11-6-10-23-7-4-5-12-30(23)25/h1-21H,22H2,(H,36,39)(H,37,41)(H,38,40)/b31-21-. The van der Waals surface area contributed by atoms with E-state index in [1.165, 1.54) is 11.8 Å². The molecule has 6 nitrogen and oxygen atoms in total. The lowest BCUT2D eigenvalue weighted by Crippen LogP contribution is -2.30. The summed E-state index contributed by atoms with van der Waals surface area (Å²) in [7, 11) is 0. The Labute approximate surface area is 256 Å². The molecule has 0 atom stereocenters. The maximum Gasteiger partial charge on any atom is 0.272 e. The first-order valence-electron chi connectivity index (χ1n) is 13.1. The summed E-state index contributed by atoms with van der Waals surface area (Å²) in [6.45, 7) is 0. The second-order valence-electron chi connectivity index (χ2n) is 9.27. The van der Waals surface area contributed by atoms with Gasteiger partial charge in [0, 0.05) is 26.3 Å². The molecule has 0 fully saturated rings. The SMILES string of the molecule is O=C(CSc1ccc(NC(=O)/C(=C/c2cccc3ccccc23)NC(=O)c2ccccc2)cc1)Nc1ccc(Br)cc1. The minimum atomic E-state index is -0.457. The number of amides is 3. The van der Waals surface area contributed by atoms with E-state index in [-0.39, 0.29) is 23.3 Å². The molecule has 0 aromatic heterocycles. The molecule has 42 heavy (non-hydrogen) atoms. The predicted octanol–water partition coefficient (Wildman–Crippen LogP) is 7.74. The molecular formula is C34H26BrN3O3S. The summed E-state index contributed by atoms with van der Waals surface area (Å²) in [6, 6.07) is 37.0. The molecule has 0 unspecified atom stereocenters. The van der Waals surface area contributed by atoms with Crippen molar-refractivity contribution in [3.8, 4) is 0 Å². The van der Waals surface area contributed by atoms with Gasteiger partial charge in [0.05, 0.1) is 5.75 Å². The molecule has 8 heteroatoms. The Hall–Kier alpha value is -4.66. The number of halogens is 1. The molecule has 0 saturated carbocycles. The molecule has 5 rings (SSSR count). The van der Waals surface area contributed by atoms with Crippen LogP contribution in [0.25, 0.3) is 16.8 Å². The first kappa shape index (κ1) is 28.9. The zero-order chi connectivity index (χ0) is 29.3. The van der Waals surface area contributed by atoms with Gasteiger partial charge in [-0.2, -0.15) is 0 Å². The van der Waals surface area contributed by atoms with Crippen LogP contribution in [-0.4, -0.2) is 23.5 Å². The number of hydrogen-bond donors (Lipinski definition) is 3. The Kier molecular flexibility index (Phi) is 9.48. The first-order chi connectivity index (χ1) is 20.4. The highest BCUT2D eigenvalue weighted by Gasteiger charge is 2.16. The smallest absolute Gasteiger partial charge is 0.272 e. The Bertz CT molecular complexity index is 1750. The van der Waals surface area contributed by atoms with E-state index >= 15 is 0 Å². The van der Waals surface area contributed by atoms with Crippen molar-refractivity contribution in [1.82, 2.24) is 5.32 Å². The highest BCUT2D eigenvalue weighted by Crippen LogP contribution is 2.23. The van der Waals surface area contributed by atoms with E-state index in [0.717, 1.165) is 31.4 Å². The van der Waals surface area contributed by atoms with Gasteiger partial charge in [-0.05, 0) is 83.1 Å². The largest absolute Gasteiger partial charge is 0.325 e. The number of fused-ring (bicyclic) bond motifs is 1. The molecule has 208 valence electrons. The van der Waals surface area contributed by atoms with Gasteiger partial charge in [-0.15, -0.1) is 11.8 Å². The summed E-state index contributed by atoms with van der Waals surface area (Å²) in [5, 5.41) is 10.5. The van der Waals surface area contributed by atoms with E-state index < -0.39 is 5.91 Å². The molecule has 0 bridgehead atoms. The highest BCUT2D eigenvalue weighted by molar-refractivity contribution is 9.10. The number of thioether (sulfide) groups is 1. The molecule has 0 aliphatic carbocycles. The Morgan fingerprint density at radius 1 is 0.690 bits per heavy atom. The fraction of sp³-hybridized carbons (Fsp3) is 0.0294. The van der Waals surface area contributed by atoms with Crippen LogP contribution >= 0.6 is 27.7 Å². The topological polar surface area (TPSA) is 87.3 Å². The maximum atomic E-state index is 13.5. The van der Waals surface area contributed by atoms with Gasteiger partial charge in [-0.25, -0.2) is 0 Å². The summed E-state index contributed by atoms with van der Waals surface area (Å²) in [4.78, 5) is 39.7.